The van der Waals surface area contributed by atoms with Crippen LogP contribution in [0.5, 0.6) is 0 Å². The molecule has 2 fully saturated rings. The molecule has 1 aliphatic carbocycles. The zero-order valence-corrected chi connectivity index (χ0v) is 9.59. The van der Waals surface area contributed by atoms with Gasteiger partial charge >= 0.3 is 0 Å². The fourth-order valence-electron chi connectivity index (χ4n) is 2.42. The van der Waals surface area contributed by atoms with Gasteiger partial charge in [0.25, 0.3) is 0 Å². The van der Waals surface area contributed by atoms with Gasteiger partial charge in [-0.25, -0.2) is 0 Å². The Bertz CT molecular complexity index is 361. The maximum Gasteiger partial charge on any atom is 0.140 e. The second-order valence-electron chi connectivity index (χ2n) is 4.64. The minimum Gasteiger partial charge on any atom is -0.379 e. The number of likely N-dealkylation sites (N-methyl/N-ethyl adjacent to an activating group) is 1. The van der Waals surface area contributed by atoms with Crippen molar-refractivity contribution in [2.24, 2.45) is 0 Å². The molecule has 5 heteroatoms. The molecule has 0 bridgehead atoms. The number of rotatable bonds is 4. The minimum absolute atomic E-state index is 0.364. The predicted octanol–water partition coefficient (Wildman–Crippen LogP) is 0.705. The number of hydrogen-bond donors (Lipinski definition) is 1. The van der Waals surface area contributed by atoms with E-state index in [1.54, 1.807) is 0 Å². The highest BCUT2D eigenvalue weighted by Crippen LogP contribution is 2.37. The van der Waals surface area contributed by atoms with Crippen LogP contribution in [0.1, 0.15) is 37.5 Å². The molecule has 0 amide bonds. The molecule has 2 atom stereocenters. The molecule has 1 aromatic rings. The summed E-state index contributed by atoms with van der Waals surface area (Å²) < 4.78 is 7.80. The number of hydrogen-bond acceptors (Lipinski definition) is 4. The molecule has 5 nitrogen and oxygen atoms in total. The van der Waals surface area contributed by atoms with Crippen LogP contribution in [-0.2, 0) is 4.74 Å². The Hall–Kier alpha value is -0.940. The Morgan fingerprint density at radius 2 is 2.38 bits per heavy atom. The van der Waals surface area contributed by atoms with Gasteiger partial charge in [-0.05, 0) is 19.4 Å². The second kappa shape index (κ2) is 4.14. The molecule has 2 aliphatic rings. The normalized spacial score (nSPS) is 29.8. The lowest BCUT2D eigenvalue weighted by Gasteiger charge is -2.18. The van der Waals surface area contributed by atoms with E-state index in [1.165, 1.54) is 12.8 Å². The molecule has 2 heterocycles. The van der Waals surface area contributed by atoms with Crippen LogP contribution in [0, 0.1) is 0 Å². The van der Waals surface area contributed by atoms with Gasteiger partial charge in [0.1, 0.15) is 12.2 Å². The van der Waals surface area contributed by atoms with E-state index in [-0.39, 0.29) is 0 Å². The number of nitrogens with zero attached hydrogens (tertiary/aromatic N) is 3. The lowest BCUT2D eigenvalue weighted by Crippen LogP contribution is -2.35. The predicted molar refractivity (Wildman–Crippen MR) is 59.3 cm³/mol. The van der Waals surface area contributed by atoms with Crippen molar-refractivity contribution >= 4 is 0 Å². The molecule has 1 aromatic heterocycles. The molecule has 1 saturated carbocycles. The quantitative estimate of drug-likeness (QED) is 0.815. The van der Waals surface area contributed by atoms with Crippen LogP contribution in [0.25, 0.3) is 0 Å². The van der Waals surface area contributed by atoms with E-state index in [1.807, 2.05) is 6.33 Å². The Labute approximate surface area is 95.2 Å². The van der Waals surface area contributed by atoms with Gasteiger partial charge in [0.2, 0.25) is 0 Å². The van der Waals surface area contributed by atoms with Crippen LogP contribution in [-0.4, -0.2) is 40.6 Å². The molecular weight excluding hydrogens is 204 g/mol. The van der Waals surface area contributed by atoms with Crippen molar-refractivity contribution < 1.29 is 4.74 Å². The SMILES string of the molecule is CCNC1COCC1c1nncn1C1CC1. The average molecular weight is 222 g/mol. The Kier molecular flexibility index (Phi) is 2.65. The Balaban J connectivity index is 1.81. The summed E-state index contributed by atoms with van der Waals surface area (Å²) in [5, 5.41) is 11.8. The Morgan fingerprint density at radius 1 is 1.50 bits per heavy atom. The topological polar surface area (TPSA) is 52.0 Å². The highest BCUT2D eigenvalue weighted by molar-refractivity contribution is 5.07. The second-order valence-corrected chi connectivity index (χ2v) is 4.64. The number of nitrogens with one attached hydrogen (secondary N) is 1. The first-order valence-corrected chi connectivity index (χ1v) is 6.10. The van der Waals surface area contributed by atoms with Crippen LogP contribution >= 0.6 is 0 Å². The molecule has 16 heavy (non-hydrogen) atoms. The third-order valence-corrected chi connectivity index (χ3v) is 3.42. The average Bonchev–Trinajstić information content (AvgIpc) is 2.85. The first-order valence-electron chi connectivity index (χ1n) is 6.10. The third-order valence-electron chi connectivity index (χ3n) is 3.42. The smallest absolute Gasteiger partial charge is 0.140 e. The standard InChI is InChI=1S/C11H18N4O/c1-2-12-10-6-16-5-9(10)11-14-13-7-15(11)8-3-4-8/h7-10,12H,2-6H2,1H3. The van der Waals surface area contributed by atoms with E-state index < -0.39 is 0 Å². The van der Waals surface area contributed by atoms with Crippen molar-refractivity contribution in [3.63, 3.8) is 0 Å². The molecule has 1 saturated heterocycles. The van der Waals surface area contributed by atoms with Crippen LogP contribution in [0.2, 0.25) is 0 Å². The summed E-state index contributed by atoms with van der Waals surface area (Å²) in [4.78, 5) is 0. The molecule has 1 aliphatic heterocycles. The van der Waals surface area contributed by atoms with E-state index >= 15 is 0 Å². The van der Waals surface area contributed by atoms with Crippen molar-refractivity contribution in [1.29, 1.82) is 0 Å². The van der Waals surface area contributed by atoms with E-state index in [4.69, 9.17) is 4.74 Å². The fourth-order valence-corrected chi connectivity index (χ4v) is 2.42. The van der Waals surface area contributed by atoms with Gasteiger partial charge < -0.3 is 14.6 Å². The summed E-state index contributed by atoms with van der Waals surface area (Å²) in [6, 6.07) is 1.04. The fraction of sp³-hybridized carbons (Fsp3) is 0.818. The summed E-state index contributed by atoms with van der Waals surface area (Å²) in [6.07, 6.45) is 4.41. The number of ether oxygens (including phenoxy) is 1. The van der Waals surface area contributed by atoms with Gasteiger partial charge in [-0.1, -0.05) is 6.92 Å². The molecular formula is C11H18N4O. The van der Waals surface area contributed by atoms with Gasteiger partial charge in [-0.2, -0.15) is 0 Å². The van der Waals surface area contributed by atoms with Crippen molar-refractivity contribution in [2.75, 3.05) is 19.8 Å². The lowest BCUT2D eigenvalue weighted by atomic mass is 10.0. The molecule has 2 unspecified atom stereocenters. The molecule has 88 valence electrons. The van der Waals surface area contributed by atoms with Gasteiger partial charge in [0, 0.05) is 12.1 Å². The molecule has 0 aromatic carbocycles. The zero-order valence-electron chi connectivity index (χ0n) is 9.59. The summed E-state index contributed by atoms with van der Waals surface area (Å²) in [6.45, 7) is 4.65. The van der Waals surface area contributed by atoms with Gasteiger partial charge in [0.05, 0.1) is 19.1 Å². The van der Waals surface area contributed by atoms with Crippen LogP contribution < -0.4 is 5.32 Å². The first-order chi connectivity index (χ1) is 7.90. The van der Waals surface area contributed by atoms with E-state index in [9.17, 15) is 0 Å². The van der Waals surface area contributed by atoms with Crippen LogP contribution in [0.3, 0.4) is 0 Å². The monoisotopic (exact) mass is 222 g/mol. The van der Waals surface area contributed by atoms with Gasteiger partial charge in [-0.3, -0.25) is 0 Å². The number of aromatic nitrogens is 3. The molecule has 0 spiro atoms. The largest absolute Gasteiger partial charge is 0.379 e. The zero-order chi connectivity index (χ0) is 11.0. The van der Waals surface area contributed by atoms with E-state index in [0.29, 0.717) is 18.0 Å². The van der Waals surface area contributed by atoms with Gasteiger partial charge in [-0.15, -0.1) is 10.2 Å². The van der Waals surface area contributed by atoms with Crippen molar-refractivity contribution in [3.05, 3.63) is 12.2 Å². The molecule has 0 radical (unpaired) electrons. The Morgan fingerprint density at radius 3 is 3.12 bits per heavy atom. The van der Waals surface area contributed by atoms with E-state index in [2.05, 4.69) is 27.0 Å². The molecule has 1 N–H and O–H groups in total. The maximum absolute atomic E-state index is 5.56. The summed E-state index contributed by atoms with van der Waals surface area (Å²) in [5.41, 5.74) is 0. The first kappa shape index (κ1) is 10.2. The van der Waals surface area contributed by atoms with Crippen LogP contribution in [0.4, 0.5) is 0 Å². The van der Waals surface area contributed by atoms with Crippen LogP contribution in [0.15, 0.2) is 6.33 Å². The maximum atomic E-state index is 5.56. The summed E-state index contributed by atoms with van der Waals surface area (Å²) >= 11 is 0. The van der Waals surface area contributed by atoms with Crippen molar-refractivity contribution in [3.8, 4) is 0 Å². The summed E-state index contributed by atoms with van der Waals surface area (Å²) in [5.74, 6) is 1.47. The lowest BCUT2D eigenvalue weighted by molar-refractivity contribution is 0.187. The highest BCUT2D eigenvalue weighted by Gasteiger charge is 2.35. The summed E-state index contributed by atoms with van der Waals surface area (Å²) in [7, 11) is 0. The van der Waals surface area contributed by atoms with Gasteiger partial charge in [0.15, 0.2) is 0 Å². The molecule has 3 rings (SSSR count). The van der Waals surface area contributed by atoms with Crippen molar-refractivity contribution in [1.82, 2.24) is 20.1 Å². The van der Waals surface area contributed by atoms with E-state index in [0.717, 1.165) is 25.6 Å². The highest BCUT2D eigenvalue weighted by atomic mass is 16.5. The third kappa shape index (κ3) is 1.74. The van der Waals surface area contributed by atoms with Crippen molar-refractivity contribution in [2.45, 2.75) is 37.8 Å². The minimum atomic E-state index is 0.364.